The molecule has 1 aliphatic rings. The Morgan fingerprint density at radius 3 is 2.14 bits per heavy atom. The molecule has 0 aromatic heterocycles. The van der Waals surface area contributed by atoms with Crippen molar-refractivity contribution in [2.24, 2.45) is 0 Å². The summed E-state index contributed by atoms with van der Waals surface area (Å²) in [4.78, 5) is 26.0. The van der Waals surface area contributed by atoms with Gasteiger partial charge in [0.2, 0.25) is 0 Å². The van der Waals surface area contributed by atoms with Crippen molar-refractivity contribution in [1.29, 1.82) is 0 Å². The number of benzene rings is 2. The number of carbonyl (C=O) groups is 2. The molecular formula is C23H27NO4. The minimum absolute atomic E-state index is 0.287. The molecule has 0 unspecified atom stereocenters. The van der Waals surface area contributed by atoms with Crippen molar-refractivity contribution < 1.29 is 19.4 Å². The molecule has 1 fully saturated rings. The summed E-state index contributed by atoms with van der Waals surface area (Å²) in [6.45, 7) is 4.23. The third-order valence-electron chi connectivity index (χ3n) is 5.25. The van der Waals surface area contributed by atoms with Crippen molar-refractivity contribution in [3.8, 4) is 0 Å². The van der Waals surface area contributed by atoms with E-state index in [9.17, 15) is 14.7 Å². The van der Waals surface area contributed by atoms with E-state index in [0.717, 1.165) is 12.0 Å². The number of ether oxygens (including phenoxy) is 1. The first-order chi connectivity index (χ1) is 13.4. The van der Waals surface area contributed by atoms with Crippen LogP contribution in [0.4, 0.5) is 0 Å². The predicted octanol–water partition coefficient (Wildman–Crippen LogP) is 3.67. The van der Waals surface area contributed by atoms with Gasteiger partial charge in [-0.25, -0.2) is 0 Å². The van der Waals surface area contributed by atoms with Crippen LogP contribution in [0.5, 0.6) is 0 Å². The number of aliphatic carboxylic acids is 1. The Labute approximate surface area is 165 Å². The van der Waals surface area contributed by atoms with E-state index in [1.54, 1.807) is 4.90 Å². The maximum Gasteiger partial charge on any atom is 0.323 e. The SMILES string of the molecule is CC(C)(CCc1ccccc1)OC(=O)[C@H]1C[C@@H](C(=O)O)N1Cc1ccccc1. The number of likely N-dealkylation sites (tertiary alicyclic amines) is 1. The fraction of sp³-hybridized carbons (Fsp3) is 0.391. The smallest absolute Gasteiger partial charge is 0.323 e. The average molecular weight is 381 g/mol. The van der Waals surface area contributed by atoms with Crippen LogP contribution in [0.2, 0.25) is 0 Å². The monoisotopic (exact) mass is 381 g/mol. The Hall–Kier alpha value is -2.66. The molecule has 2 aromatic carbocycles. The Morgan fingerprint density at radius 2 is 1.57 bits per heavy atom. The Morgan fingerprint density at radius 1 is 1.00 bits per heavy atom. The molecule has 0 saturated carbocycles. The third kappa shape index (κ3) is 4.98. The molecule has 2 aromatic rings. The van der Waals surface area contributed by atoms with Gasteiger partial charge in [-0.1, -0.05) is 60.7 Å². The van der Waals surface area contributed by atoms with E-state index < -0.39 is 23.7 Å². The van der Waals surface area contributed by atoms with Crippen LogP contribution in [0.15, 0.2) is 60.7 Å². The minimum Gasteiger partial charge on any atom is -0.480 e. The van der Waals surface area contributed by atoms with Crippen molar-refractivity contribution in [2.75, 3.05) is 0 Å². The average Bonchev–Trinajstić information content (AvgIpc) is 2.65. The van der Waals surface area contributed by atoms with Crippen molar-refractivity contribution in [3.05, 3.63) is 71.8 Å². The molecule has 28 heavy (non-hydrogen) atoms. The summed E-state index contributed by atoms with van der Waals surface area (Å²) in [7, 11) is 0. The first-order valence-electron chi connectivity index (χ1n) is 9.65. The van der Waals surface area contributed by atoms with Gasteiger partial charge in [-0.3, -0.25) is 14.5 Å². The molecule has 0 amide bonds. The lowest BCUT2D eigenvalue weighted by Gasteiger charge is -2.45. The number of carboxylic acids is 1. The maximum absolute atomic E-state index is 12.8. The van der Waals surface area contributed by atoms with E-state index in [2.05, 4.69) is 12.1 Å². The molecular weight excluding hydrogens is 354 g/mol. The molecule has 3 rings (SSSR count). The Kier molecular flexibility index (Phi) is 6.15. The molecule has 2 atom stereocenters. The predicted molar refractivity (Wildman–Crippen MR) is 107 cm³/mol. The highest BCUT2D eigenvalue weighted by atomic mass is 16.6. The third-order valence-corrected chi connectivity index (χ3v) is 5.25. The molecule has 5 heteroatoms. The van der Waals surface area contributed by atoms with Gasteiger partial charge in [0.25, 0.3) is 0 Å². The van der Waals surface area contributed by atoms with Crippen molar-refractivity contribution in [1.82, 2.24) is 4.90 Å². The van der Waals surface area contributed by atoms with Gasteiger partial charge in [-0.15, -0.1) is 0 Å². The van der Waals surface area contributed by atoms with E-state index >= 15 is 0 Å². The molecule has 1 saturated heterocycles. The fourth-order valence-electron chi connectivity index (χ4n) is 3.53. The zero-order valence-corrected chi connectivity index (χ0v) is 16.4. The molecule has 0 spiro atoms. The van der Waals surface area contributed by atoms with Crippen molar-refractivity contribution in [2.45, 2.75) is 57.3 Å². The van der Waals surface area contributed by atoms with Gasteiger partial charge >= 0.3 is 11.9 Å². The Bertz CT molecular complexity index is 804. The maximum atomic E-state index is 12.8. The number of carbonyl (C=O) groups excluding carboxylic acids is 1. The first kappa shape index (κ1) is 20.1. The van der Waals surface area contributed by atoms with Gasteiger partial charge in [0.1, 0.15) is 17.7 Å². The number of esters is 1. The summed E-state index contributed by atoms with van der Waals surface area (Å²) in [6, 6.07) is 18.5. The van der Waals surface area contributed by atoms with E-state index in [1.807, 2.05) is 62.4 Å². The summed E-state index contributed by atoms with van der Waals surface area (Å²) in [6.07, 6.45) is 1.81. The van der Waals surface area contributed by atoms with Crippen molar-refractivity contribution in [3.63, 3.8) is 0 Å². The minimum atomic E-state index is -0.900. The summed E-state index contributed by atoms with van der Waals surface area (Å²) < 4.78 is 5.79. The van der Waals surface area contributed by atoms with Crippen LogP contribution in [0.3, 0.4) is 0 Å². The van der Waals surface area contributed by atoms with Gasteiger partial charge in [0.15, 0.2) is 0 Å². The second-order valence-corrected chi connectivity index (χ2v) is 7.93. The highest BCUT2D eigenvalue weighted by Crippen LogP contribution is 2.31. The molecule has 1 heterocycles. The van der Waals surface area contributed by atoms with Crippen molar-refractivity contribution >= 4 is 11.9 Å². The lowest BCUT2D eigenvalue weighted by Crippen LogP contribution is -2.62. The van der Waals surface area contributed by atoms with Crippen LogP contribution >= 0.6 is 0 Å². The second-order valence-electron chi connectivity index (χ2n) is 7.93. The summed E-state index contributed by atoms with van der Waals surface area (Å²) in [5.74, 6) is -1.24. The molecule has 1 N–H and O–H groups in total. The number of rotatable bonds is 8. The van der Waals surface area contributed by atoms with Crippen LogP contribution in [0.1, 0.15) is 37.8 Å². The number of carboxylic acid groups (broad SMARTS) is 1. The summed E-state index contributed by atoms with van der Waals surface area (Å²) in [5, 5.41) is 9.43. The van der Waals surface area contributed by atoms with Gasteiger partial charge in [-0.05, 0) is 44.2 Å². The van der Waals surface area contributed by atoms with E-state index in [4.69, 9.17) is 4.74 Å². The van der Waals surface area contributed by atoms with Crippen LogP contribution in [0.25, 0.3) is 0 Å². The van der Waals surface area contributed by atoms with Gasteiger partial charge < -0.3 is 9.84 Å². The lowest BCUT2D eigenvalue weighted by atomic mass is 9.91. The Balaban J connectivity index is 1.60. The molecule has 148 valence electrons. The lowest BCUT2D eigenvalue weighted by molar-refractivity contribution is -0.177. The molecule has 1 aliphatic heterocycles. The normalized spacial score (nSPS) is 19.6. The highest BCUT2D eigenvalue weighted by Gasteiger charge is 2.48. The van der Waals surface area contributed by atoms with Crippen LogP contribution < -0.4 is 0 Å². The topological polar surface area (TPSA) is 66.8 Å². The van der Waals surface area contributed by atoms with E-state index in [-0.39, 0.29) is 12.4 Å². The molecule has 5 nitrogen and oxygen atoms in total. The zero-order valence-electron chi connectivity index (χ0n) is 16.4. The fourth-order valence-corrected chi connectivity index (χ4v) is 3.53. The number of nitrogens with zero attached hydrogens (tertiary/aromatic N) is 1. The standard InChI is InChI=1S/C23H27NO4/c1-23(2,14-13-17-9-5-3-6-10-17)28-22(27)20-15-19(21(25)26)24(20)16-18-11-7-4-8-12-18/h3-12,19-20H,13-16H2,1-2H3,(H,25,26)/t19-,20+/m0/s1. The largest absolute Gasteiger partial charge is 0.480 e. The van der Waals surface area contributed by atoms with Gasteiger partial charge in [0.05, 0.1) is 0 Å². The van der Waals surface area contributed by atoms with Crippen LogP contribution in [-0.2, 0) is 27.3 Å². The summed E-state index contributed by atoms with van der Waals surface area (Å²) in [5.41, 5.74) is 1.57. The van der Waals surface area contributed by atoms with Crippen LogP contribution in [0, 0.1) is 0 Å². The van der Waals surface area contributed by atoms with E-state index in [0.29, 0.717) is 13.0 Å². The quantitative estimate of drug-likeness (QED) is 0.707. The van der Waals surface area contributed by atoms with Gasteiger partial charge in [-0.2, -0.15) is 0 Å². The molecule has 0 aliphatic carbocycles. The number of aryl methyl sites for hydroxylation is 1. The first-order valence-corrected chi connectivity index (χ1v) is 9.65. The highest BCUT2D eigenvalue weighted by molar-refractivity contribution is 5.83. The summed E-state index contributed by atoms with van der Waals surface area (Å²) >= 11 is 0. The second kappa shape index (κ2) is 8.57. The molecule has 0 bridgehead atoms. The zero-order chi connectivity index (χ0) is 20.1. The van der Waals surface area contributed by atoms with Crippen LogP contribution in [-0.4, -0.2) is 39.6 Å². The van der Waals surface area contributed by atoms with Gasteiger partial charge in [0, 0.05) is 6.54 Å². The van der Waals surface area contributed by atoms with E-state index in [1.165, 1.54) is 5.56 Å². The number of hydrogen-bond donors (Lipinski definition) is 1. The number of hydrogen-bond acceptors (Lipinski definition) is 4. The molecule has 0 radical (unpaired) electrons.